The SMILES string of the molecule is c1cc(-c2cc(-c3ccc(-c4ccncc4)cc3)nc(-c3ccc(-c4ccncc4)cc3)c2)cc(-c2c3ccccc3nc3c2ccc2cccnc23)c1.c1cnc2c(c1)ccc1c(-c3ccc(-c4ccc(-c5cc(-c6ccc(-c7ccncc7)cc6)nc(-c6ccc(-c7ccncc7)cc6)c5)cc4)cc3)c3ccccc3nc12. The van der Waals surface area contributed by atoms with Gasteiger partial charge in [-0.1, -0.05) is 237 Å². The van der Waals surface area contributed by atoms with E-state index in [1.807, 2.05) is 135 Å². The number of benzene rings is 11. The third kappa shape index (κ3) is 13.4. The number of hydrogen-bond acceptors (Lipinski definition) is 10. The van der Waals surface area contributed by atoms with Crippen LogP contribution in [0.5, 0.6) is 0 Å². The van der Waals surface area contributed by atoms with Crippen LogP contribution in [0, 0.1) is 0 Å². The van der Waals surface area contributed by atoms with Crippen molar-refractivity contribution >= 4 is 65.4 Å². The quantitative estimate of drug-likeness (QED) is 0.0813. The van der Waals surface area contributed by atoms with Crippen molar-refractivity contribution in [3.05, 3.63) is 402 Å². The highest BCUT2D eigenvalue weighted by atomic mass is 14.8. The molecule has 532 valence electrons. The fourth-order valence-electron chi connectivity index (χ4n) is 15.6. The molecule has 10 nitrogen and oxygen atoms in total. The van der Waals surface area contributed by atoms with Gasteiger partial charge in [0.25, 0.3) is 0 Å². The number of hydrogen-bond donors (Lipinski definition) is 0. The Morgan fingerprint density at radius 2 is 0.439 bits per heavy atom. The summed E-state index contributed by atoms with van der Waals surface area (Å²) in [5.41, 5.74) is 33.8. The van der Waals surface area contributed by atoms with Crippen LogP contribution in [-0.4, -0.2) is 49.8 Å². The molecule has 0 aliphatic rings. The second kappa shape index (κ2) is 29.8. The lowest BCUT2D eigenvalue weighted by molar-refractivity contribution is 1.32. The first-order chi connectivity index (χ1) is 56.5. The molecule has 0 spiro atoms. The fourth-order valence-corrected chi connectivity index (χ4v) is 15.6. The molecule has 114 heavy (non-hydrogen) atoms. The van der Waals surface area contributed by atoms with Crippen molar-refractivity contribution < 1.29 is 0 Å². The van der Waals surface area contributed by atoms with Gasteiger partial charge in [-0.05, 0) is 192 Å². The molecular weight excluding hydrogens is 1390 g/mol. The molecule has 21 aromatic rings. The molecule has 0 fully saturated rings. The van der Waals surface area contributed by atoms with Gasteiger partial charge < -0.3 is 0 Å². The summed E-state index contributed by atoms with van der Waals surface area (Å²) in [5, 5.41) is 6.58. The number of nitrogens with zero attached hydrogens (tertiary/aromatic N) is 10. The van der Waals surface area contributed by atoms with E-state index in [1.54, 1.807) is 0 Å². The lowest BCUT2D eigenvalue weighted by Gasteiger charge is -2.15. The number of fused-ring (bicyclic) bond motifs is 8. The van der Waals surface area contributed by atoms with Crippen LogP contribution >= 0.6 is 0 Å². The molecule has 0 saturated heterocycles. The molecule has 0 N–H and O–H groups in total. The van der Waals surface area contributed by atoms with Gasteiger partial charge in [0.15, 0.2) is 0 Å². The van der Waals surface area contributed by atoms with Gasteiger partial charge in [-0.15, -0.1) is 0 Å². The largest absolute Gasteiger partial charge is 0.265 e. The minimum atomic E-state index is 0.907. The summed E-state index contributed by atoms with van der Waals surface area (Å²) in [6, 6.07) is 120. The average Bonchev–Trinajstić information content (AvgIpc) is 0.745. The van der Waals surface area contributed by atoms with Crippen LogP contribution in [0.15, 0.2) is 402 Å². The summed E-state index contributed by atoms with van der Waals surface area (Å²) in [5.74, 6) is 0. The zero-order valence-electron chi connectivity index (χ0n) is 61.6. The van der Waals surface area contributed by atoms with Gasteiger partial charge in [-0.25, -0.2) is 19.9 Å². The summed E-state index contributed by atoms with van der Waals surface area (Å²) in [4.78, 5) is 46.9. The molecule has 11 aromatic carbocycles. The van der Waals surface area contributed by atoms with Crippen molar-refractivity contribution in [1.82, 2.24) is 49.8 Å². The van der Waals surface area contributed by atoms with Crippen LogP contribution in [0.3, 0.4) is 0 Å². The Balaban J connectivity index is 0.000000149. The Hall–Kier alpha value is -15.5. The minimum Gasteiger partial charge on any atom is -0.265 e. The average molecular weight is 1460 g/mol. The molecule has 0 aliphatic carbocycles. The standard InChI is InChI=1S/C55H35N5.C49H31N5/c1-2-6-50-48(5-1)53(49-24-23-46-4-3-29-58-54(46)55(49)60-50)45-21-15-37(16-22-45)36-7-9-40(10-8-36)47-34-51(43-17-11-38(12-18-43)41-25-30-56-31-26-41)59-52(35-47)44-19-13-39(14-20-44)42-27-32-57-33-28-42;1-2-9-44-42(8-1)47(43-19-18-38-7-4-24-52-48(38)49(43)54-44)40-6-3-5-39(29-40)41-30-45(36-14-10-32(11-15-36)34-20-25-50-26-21-34)53-46(31-41)37-16-12-33(13-17-37)35-22-27-51-28-23-35/h1-35H;1-31H. The number of rotatable bonds is 13. The molecule has 0 saturated carbocycles. The van der Waals surface area contributed by atoms with E-state index >= 15 is 0 Å². The van der Waals surface area contributed by atoms with Crippen LogP contribution < -0.4 is 0 Å². The van der Waals surface area contributed by atoms with Crippen molar-refractivity contribution in [2.24, 2.45) is 0 Å². The lowest BCUT2D eigenvalue weighted by Crippen LogP contribution is -1.93. The molecule has 0 unspecified atom stereocenters. The van der Waals surface area contributed by atoms with Gasteiger partial charge in [-0.2, -0.15) is 0 Å². The molecule has 0 bridgehead atoms. The van der Waals surface area contributed by atoms with Gasteiger partial charge in [0, 0.05) is 128 Å². The zero-order valence-corrected chi connectivity index (χ0v) is 61.6. The highest BCUT2D eigenvalue weighted by Gasteiger charge is 2.20. The minimum absolute atomic E-state index is 0.907. The lowest BCUT2D eigenvalue weighted by atomic mass is 9.92. The Morgan fingerprint density at radius 1 is 0.149 bits per heavy atom. The monoisotopic (exact) mass is 1450 g/mol. The molecule has 0 aliphatic heterocycles. The van der Waals surface area contributed by atoms with E-state index in [-0.39, 0.29) is 0 Å². The van der Waals surface area contributed by atoms with Crippen molar-refractivity contribution in [3.63, 3.8) is 0 Å². The van der Waals surface area contributed by atoms with E-state index in [2.05, 4.69) is 287 Å². The van der Waals surface area contributed by atoms with Gasteiger partial charge >= 0.3 is 0 Å². The highest BCUT2D eigenvalue weighted by molar-refractivity contribution is 6.17. The van der Waals surface area contributed by atoms with Crippen molar-refractivity contribution in [1.29, 1.82) is 0 Å². The van der Waals surface area contributed by atoms with Crippen molar-refractivity contribution in [3.8, 4) is 145 Å². The van der Waals surface area contributed by atoms with E-state index < -0.39 is 0 Å². The predicted molar refractivity (Wildman–Crippen MR) is 467 cm³/mol. The first-order valence-corrected chi connectivity index (χ1v) is 38.0. The Labute approximate surface area is 658 Å². The molecule has 0 radical (unpaired) electrons. The van der Waals surface area contributed by atoms with E-state index in [0.29, 0.717) is 0 Å². The predicted octanol–water partition coefficient (Wildman–Crippen LogP) is 25.9. The maximum Gasteiger partial charge on any atom is 0.0978 e. The Morgan fingerprint density at radius 3 is 0.798 bits per heavy atom. The van der Waals surface area contributed by atoms with Gasteiger partial charge in [0.1, 0.15) is 0 Å². The van der Waals surface area contributed by atoms with Crippen LogP contribution in [-0.2, 0) is 0 Å². The first-order valence-electron chi connectivity index (χ1n) is 38.0. The smallest absolute Gasteiger partial charge is 0.0978 e. The molecule has 10 heteroatoms. The van der Waals surface area contributed by atoms with E-state index in [1.165, 1.54) is 5.56 Å². The van der Waals surface area contributed by atoms with Crippen LogP contribution in [0.2, 0.25) is 0 Å². The van der Waals surface area contributed by atoms with Crippen LogP contribution in [0.4, 0.5) is 0 Å². The molecule has 10 aromatic heterocycles. The van der Waals surface area contributed by atoms with Crippen LogP contribution in [0.25, 0.3) is 211 Å². The molecular formula is C104H66N10. The molecule has 21 rings (SSSR count). The molecule has 0 amide bonds. The van der Waals surface area contributed by atoms with Crippen LogP contribution in [0.1, 0.15) is 0 Å². The third-order valence-corrected chi connectivity index (χ3v) is 21.5. The summed E-state index contributed by atoms with van der Waals surface area (Å²) < 4.78 is 0. The highest BCUT2D eigenvalue weighted by Crippen LogP contribution is 2.43. The Kier molecular flexibility index (Phi) is 17.7. The van der Waals surface area contributed by atoms with Gasteiger partial charge in [0.2, 0.25) is 0 Å². The third-order valence-electron chi connectivity index (χ3n) is 21.5. The molecule has 10 heterocycles. The number of aromatic nitrogens is 10. The second-order valence-electron chi connectivity index (χ2n) is 28.3. The first kappa shape index (κ1) is 67.8. The number of para-hydroxylation sites is 2. The zero-order chi connectivity index (χ0) is 75.7. The summed E-state index contributed by atoms with van der Waals surface area (Å²) >= 11 is 0. The maximum atomic E-state index is 5.26. The summed E-state index contributed by atoms with van der Waals surface area (Å²) in [7, 11) is 0. The van der Waals surface area contributed by atoms with Gasteiger partial charge in [0.05, 0.1) is 55.9 Å². The normalized spacial score (nSPS) is 11.3. The van der Waals surface area contributed by atoms with Crippen molar-refractivity contribution in [2.75, 3.05) is 0 Å². The topological polar surface area (TPSA) is 129 Å². The Bertz CT molecular complexity index is 6940. The van der Waals surface area contributed by atoms with E-state index in [9.17, 15) is 0 Å². The van der Waals surface area contributed by atoms with E-state index in [0.717, 1.165) is 205 Å². The number of pyridine rings is 10. The summed E-state index contributed by atoms with van der Waals surface area (Å²) in [6.45, 7) is 0. The van der Waals surface area contributed by atoms with Gasteiger partial charge in [-0.3, -0.25) is 29.9 Å². The van der Waals surface area contributed by atoms with Crippen molar-refractivity contribution in [2.45, 2.75) is 0 Å². The molecule has 0 atom stereocenters. The summed E-state index contributed by atoms with van der Waals surface area (Å²) in [6.07, 6.45) is 18.3. The van der Waals surface area contributed by atoms with E-state index in [4.69, 9.17) is 29.9 Å². The maximum absolute atomic E-state index is 5.26. The second-order valence-corrected chi connectivity index (χ2v) is 28.3. The fraction of sp³-hybridized carbons (Fsp3) is 0.